The van der Waals surface area contributed by atoms with Gasteiger partial charge in [-0.15, -0.1) is 24.0 Å². The molecular formula is C20H33IN6O2. The number of nitrogens with one attached hydrogen (secondary N) is 2. The maximum absolute atomic E-state index is 12.0. The van der Waals surface area contributed by atoms with E-state index in [0.717, 1.165) is 24.9 Å². The van der Waals surface area contributed by atoms with Crippen LogP contribution in [0.4, 0.5) is 10.6 Å². The third-order valence-corrected chi connectivity index (χ3v) is 4.80. The summed E-state index contributed by atoms with van der Waals surface area (Å²) in [5, 5.41) is 6.70. The van der Waals surface area contributed by atoms with E-state index >= 15 is 0 Å². The first-order valence-electron chi connectivity index (χ1n) is 9.99. The molecule has 8 nitrogen and oxygen atoms in total. The Morgan fingerprint density at radius 1 is 1.31 bits per heavy atom. The van der Waals surface area contributed by atoms with E-state index in [1.54, 1.807) is 11.9 Å². The molecule has 3 rings (SSSR count). The van der Waals surface area contributed by atoms with Crippen LogP contribution < -0.4 is 15.5 Å². The van der Waals surface area contributed by atoms with Crippen LogP contribution in [0.5, 0.6) is 0 Å². The Morgan fingerprint density at radius 2 is 2.00 bits per heavy atom. The number of hydrogen-bond acceptors (Lipinski definition) is 5. The number of guanidine groups is 1. The first-order valence-corrected chi connectivity index (χ1v) is 9.99. The van der Waals surface area contributed by atoms with Gasteiger partial charge in [-0.05, 0) is 51.3 Å². The Labute approximate surface area is 190 Å². The van der Waals surface area contributed by atoms with Crippen molar-refractivity contribution in [2.75, 3.05) is 38.1 Å². The van der Waals surface area contributed by atoms with Crippen molar-refractivity contribution in [1.29, 1.82) is 0 Å². The highest BCUT2D eigenvalue weighted by Crippen LogP contribution is 2.18. The van der Waals surface area contributed by atoms with Gasteiger partial charge < -0.3 is 25.2 Å². The molecule has 2 fully saturated rings. The fourth-order valence-electron chi connectivity index (χ4n) is 3.31. The summed E-state index contributed by atoms with van der Waals surface area (Å²) >= 11 is 0. The third-order valence-electron chi connectivity index (χ3n) is 4.80. The molecule has 0 unspecified atom stereocenters. The predicted octanol–water partition coefficient (Wildman–Crippen LogP) is 2.58. The van der Waals surface area contributed by atoms with Crippen molar-refractivity contribution in [3.8, 4) is 0 Å². The number of likely N-dealkylation sites (tertiary alicyclic amines) is 1. The summed E-state index contributed by atoms with van der Waals surface area (Å²) in [6.45, 7) is 9.70. The van der Waals surface area contributed by atoms with E-state index in [1.807, 2.05) is 33.0 Å². The second kappa shape index (κ2) is 10.3. The highest BCUT2D eigenvalue weighted by molar-refractivity contribution is 14.0. The van der Waals surface area contributed by atoms with E-state index in [-0.39, 0.29) is 36.1 Å². The topological polar surface area (TPSA) is 82.1 Å². The molecule has 2 aliphatic rings. The van der Waals surface area contributed by atoms with Crippen molar-refractivity contribution in [2.24, 2.45) is 4.99 Å². The zero-order chi connectivity index (χ0) is 20.1. The summed E-state index contributed by atoms with van der Waals surface area (Å²) in [4.78, 5) is 24.8. The summed E-state index contributed by atoms with van der Waals surface area (Å²) in [7, 11) is 1.75. The lowest BCUT2D eigenvalue weighted by atomic mass is 10.1. The van der Waals surface area contributed by atoms with Gasteiger partial charge >= 0.3 is 6.09 Å². The summed E-state index contributed by atoms with van der Waals surface area (Å²) in [6, 6.07) is 4.34. The number of aliphatic imine (C=N–C) groups is 1. The largest absolute Gasteiger partial charge is 0.444 e. The molecule has 162 valence electrons. The van der Waals surface area contributed by atoms with Gasteiger partial charge in [0, 0.05) is 46.0 Å². The zero-order valence-corrected chi connectivity index (χ0v) is 20.1. The lowest BCUT2D eigenvalue weighted by Crippen LogP contribution is -2.63. The van der Waals surface area contributed by atoms with Crippen LogP contribution >= 0.6 is 24.0 Å². The maximum atomic E-state index is 12.0. The number of carbonyl (C=O) groups is 1. The lowest BCUT2D eigenvalue weighted by molar-refractivity contribution is 0.00701. The van der Waals surface area contributed by atoms with Crippen LogP contribution in [0.2, 0.25) is 0 Å². The van der Waals surface area contributed by atoms with Crippen LogP contribution in [0, 0.1) is 0 Å². The molecule has 2 saturated heterocycles. The fourth-order valence-corrected chi connectivity index (χ4v) is 3.31. The quantitative estimate of drug-likeness (QED) is 0.364. The molecule has 0 aromatic carbocycles. The van der Waals surface area contributed by atoms with Gasteiger partial charge in [0.1, 0.15) is 11.4 Å². The number of aromatic nitrogens is 1. The van der Waals surface area contributed by atoms with E-state index in [1.165, 1.54) is 18.4 Å². The number of rotatable bonds is 4. The van der Waals surface area contributed by atoms with Crippen LogP contribution in [0.1, 0.15) is 39.2 Å². The molecule has 1 aromatic rings. The molecule has 1 amide bonds. The number of hydrogen-bond donors (Lipinski definition) is 2. The standard InChI is InChI=1S/C20H32N6O2.HI/c1-20(2,3)28-19(27)26-13-16(14-26)24-18(21-4)23-12-15-7-8-22-17(11-15)25-9-5-6-10-25;/h7-8,11,16H,5-6,9-10,12-14H2,1-4H3,(H2,21,23,24);1H. The van der Waals surface area contributed by atoms with Gasteiger partial charge in [0.25, 0.3) is 0 Å². The van der Waals surface area contributed by atoms with E-state index < -0.39 is 5.60 Å². The van der Waals surface area contributed by atoms with Crippen molar-refractivity contribution >= 4 is 41.8 Å². The molecule has 1 aromatic heterocycles. The van der Waals surface area contributed by atoms with Gasteiger partial charge in [-0.2, -0.15) is 0 Å². The highest BCUT2D eigenvalue weighted by Gasteiger charge is 2.34. The van der Waals surface area contributed by atoms with Crippen LogP contribution in [0.3, 0.4) is 0 Å². The molecule has 9 heteroatoms. The maximum Gasteiger partial charge on any atom is 0.410 e. The smallest absolute Gasteiger partial charge is 0.410 e. The number of nitrogens with zero attached hydrogens (tertiary/aromatic N) is 4. The van der Waals surface area contributed by atoms with Crippen molar-refractivity contribution in [3.63, 3.8) is 0 Å². The van der Waals surface area contributed by atoms with Crippen LogP contribution in [0.25, 0.3) is 0 Å². The Bertz CT molecular complexity index is 709. The van der Waals surface area contributed by atoms with E-state index in [0.29, 0.717) is 19.6 Å². The van der Waals surface area contributed by atoms with Crippen molar-refractivity contribution < 1.29 is 9.53 Å². The van der Waals surface area contributed by atoms with E-state index in [4.69, 9.17) is 4.74 Å². The van der Waals surface area contributed by atoms with Gasteiger partial charge in [-0.25, -0.2) is 9.78 Å². The average molecular weight is 516 g/mol. The minimum Gasteiger partial charge on any atom is -0.444 e. The fraction of sp³-hybridized carbons (Fsp3) is 0.650. The molecule has 0 atom stereocenters. The summed E-state index contributed by atoms with van der Waals surface area (Å²) in [6.07, 6.45) is 4.08. The first kappa shape index (κ1) is 23.5. The molecule has 0 bridgehead atoms. The minimum absolute atomic E-state index is 0. The lowest BCUT2D eigenvalue weighted by Gasteiger charge is -2.40. The Hall–Kier alpha value is -1.78. The van der Waals surface area contributed by atoms with Gasteiger partial charge in [-0.3, -0.25) is 4.99 Å². The van der Waals surface area contributed by atoms with Gasteiger partial charge in [-0.1, -0.05) is 0 Å². The Kier molecular flexibility index (Phi) is 8.35. The monoisotopic (exact) mass is 516 g/mol. The summed E-state index contributed by atoms with van der Waals surface area (Å²) in [5.41, 5.74) is 0.704. The molecule has 0 radical (unpaired) electrons. The number of pyridine rings is 1. The average Bonchev–Trinajstić information content (AvgIpc) is 3.13. The van der Waals surface area contributed by atoms with E-state index in [2.05, 4.69) is 31.6 Å². The zero-order valence-electron chi connectivity index (χ0n) is 17.8. The Balaban J connectivity index is 0.00000300. The number of anilines is 1. The first-order chi connectivity index (χ1) is 13.3. The number of halogens is 1. The second-order valence-corrected chi connectivity index (χ2v) is 8.37. The predicted molar refractivity (Wildman–Crippen MR) is 126 cm³/mol. The number of carbonyl (C=O) groups excluding carboxylic acids is 1. The van der Waals surface area contributed by atoms with Crippen molar-refractivity contribution in [1.82, 2.24) is 20.5 Å². The van der Waals surface area contributed by atoms with Crippen molar-refractivity contribution in [3.05, 3.63) is 23.9 Å². The third kappa shape index (κ3) is 6.90. The van der Waals surface area contributed by atoms with Crippen LogP contribution in [-0.2, 0) is 11.3 Å². The minimum atomic E-state index is -0.467. The normalized spacial score (nSPS) is 17.4. The number of ether oxygens (including phenoxy) is 1. The van der Waals surface area contributed by atoms with E-state index in [9.17, 15) is 4.79 Å². The molecular weight excluding hydrogens is 483 g/mol. The van der Waals surface area contributed by atoms with Crippen LogP contribution in [0.15, 0.2) is 23.3 Å². The molecule has 29 heavy (non-hydrogen) atoms. The number of amides is 1. The van der Waals surface area contributed by atoms with Crippen LogP contribution in [-0.4, -0.2) is 66.8 Å². The van der Waals surface area contributed by atoms with Gasteiger partial charge in [0.05, 0.1) is 6.04 Å². The van der Waals surface area contributed by atoms with Gasteiger partial charge in [0.2, 0.25) is 0 Å². The van der Waals surface area contributed by atoms with Gasteiger partial charge in [0.15, 0.2) is 5.96 Å². The SMILES string of the molecule is CN=C(NCc1ccnc(N2CCCC2)c1)NC1CN(C(=O)OC(C)(C)C)C1.I. The molecule has 2 N–H and O–H groups in total. The molecule has 0 saturated carbocycles. The molecule has 3 heterocycles. The summed E-state index contributed by atoms with van der Waals surface area (Å²) < 4.78 is 5.38. The Morgan fingerprint density at radius 3 is 2.62 bits per heavy atom. The highest BCUT2D eigenvalue weighted by atomic mass is 127. The molecule has 0 spiro atoms. The molecule has 2 aliphatic heterocycles. The summed E-state index contributed by atoms with van der Waals surface area (Å²) in [5.74, 6) is 1.78. The second-order valence-electron chi connectivity index (χ2n) is 8.37. The van der Waals surface area contributed by atoms with Crippen molar-refractivity contribution in [2.45, 2.75) is 51.8 Å². The molecule has 0 aliphatic carbocycles.